The Hall–Kier alpha value is -6.39. The molecule has 47 heavy (non-hydrogen) atoms. The van der Waals surface area contributed by atoms with Gasteiger partial charge in [0.1, 0.15) is 11.1 Å². The van der Waals surface area contributed by atoms with Crippen molar-refractivity contribution in [2.75, 3.05) is 0 Å². The Morgan fingerprint density at radius 1 is 0.404 bits per heavy atom. The lowest BCUT2D eigenvalue weighted by molar-refractivity contribution is 0.668. The van der Waals surface area contributed by atoms with Gasteiger partial charge in [-0.2, -0.15) is 0 Å². The first kappa shape index (κ1) is 27.0. The second kappa shape index (κ2) is 11.2. The molecule has 0 aliphatic rings. The van der Waals surface area contributed by atoms with E-state index in [1.54, 1.807) is 0 Å². The Kier molecular flexibility index (Phi) is 6.43. The second-order valence-corrected chi connectivity index (χ2v) is 11.7. The van der Waals surface area contributed by atoms with E-state index in [-0.39, 0.29) is 0 Å². The van der Waals surface area contributed by atoms with Crippen LogP contribution in [0.25, 0.3) is 89.0 Å². The molecule has 0 fully saturated rings. The fourth-order valence-electron chi connectivity index (χ4n) is 6.42. The molecule has 0 bridgehead atoms. The monoisotopic (exact) mass is 601 g/mol. The lowest BCUT2D eigenvalue weighted by Gasteiger charge is -2.14. The number of rotatable bonds is 5. The van der Waals surface area contributed by atoms with Crippen molar-refractivity contribution in [1.82, 2.24) is 15.0 Å². The number of fused-ring (bicyclic) bond motifs is 4. The van der Waals surface area contributed by atoms with Gasteiger partial charge in [-0.3, -0.25) is 4.98 Å². The molecule has 6 aromatic carbocycles. The van der Waals surface area contributed by atoms with Crippen molar-refractivity contribution in [3.63, 3.8) is 0 Å². The number of nitrogens with zero attached hydrogens (tertiary/aromatic N) is 3. The van der Waals surface area contributed by atoms with E-state index in [2.05, 4.69) is 108 Å². The molecule has 9 rings (SSSR count). The summed E-state index contributed by atoms with van der Waals surface area (Å²) in [6.45, 7) is 0. The number of aromatic nitrogens is 3. The summed E-state index contributed by atoms with van der Waals surface area (Å²) in [6, 6.07) is 54.6. The Bertz CT molecular complexity index is 2510. The van der Waals surface area contributed by atoms with Crippen molar-refractivity contribution in [1.29, 1.82) is 0 Å². The molecule has 3 heterocycles. The Morgan fingerprint density at radius 3 is 1.87 bits per heavy atom. The molecule has 0 aliphatic carbocycles. The normalized spacial score (nSPS) is 11.4. The van der Waals surface area contributed by atoms with Crippen molar-refractivity contribution in [2.45, 2.75) is 0 Å². The van der Waals surface area contributed by atoms with Crippen LogP contribution in [0.15, 0.2) is 168 Å². The maximum absolute atomic E-state index is 6.11. The molecular weight excluding hydrogens is 574 g/mol. The van der Waals surface area contributed by atoms with Crippen molar-refractivity contribution in [2.24, 2.45) is 0 Å². The number of hydrogen-bond acceptors (Lipinski definition) is 4. The van der Waals surface area contributed by atoms with Gasteiger partial charge < -0.3 is 4.42 Å². The summed E-state index contributed by atoms with van der Waals surface area (Å²) in [5.74, 6) is 0.671. The van der Waals surface area contributed by atoms with Crippen LogP contribution in [0.1, 0.15) is 0 Å². The van der Waals surface area contributed by atoms with Gasteiger partial charge in [0, 0.05) is 28.3 Å². The minimum absolute atomic E-state index is 0.671. The topological polar surface area (TPSA) is 51.8 Å². The first-order chi connectivity index (χ1) is 23.3. The van der Waals surface area contributed by atoms with Crippen molar-refractivity contribution in [3.8, 4) is 56.2 Å². The summed E-state index contributed by atoms with van der Waals surface area (Å²) in [4.78, 5) is 15.0. The molecule has 9 aromatic rings. The predicted molar refractivity (Wildman–Crippen MR) is 192 cm³/mol. The smallest absolute Gasteiger partial charge is 0.160 e. The van der Waals surface area contributed by atoms with Gasteiger partial charge >= 0.3 is 0 Å². The maximum atomic E-state index is 6.11. The van der Waals surface area contributed by atoms with Crippen molar-refractivity contribution < 1.29 is 4.42 Å². The van der Waals surface area contributed by atoms with E-state index >= 15 is 0 Å². The molecule has 0 aliphatic heterocycles. The highest BCUT2D eigenvalue weighted by atomic mass is 16.3. The van der Waals surface area contributed by atoms with E-state index in [1.165, 1.54) is 10.8 Å². The zero-order valence-electron chi connectivity index (χ0n) is 25.3. The summed E-state index contributed by atoms with van der Waals surface area (Å²) in [6.07, 6.45) is 1.81. The van der Waals surface area contributed by atoms with Crippen LogP contribution in [0, 0.1) is 0 Å². The van der Waals surface area contributed by atoms with Gasteiger partial charge in [-0.1, -0.05) is 109 Å². The van der Waals surface area contributed by atoms with Gasteiger partial charge in [0.15, 0.2) is 11.4 Å². The molecule has 0 atom stereocenters. The SMILES string of the molecule is c1ccc(-c2cc(-c3ccccc3)nc(-c3cc(-c4ccc5oc6cccnc6c5c4)cc(-c4cccc5ccccc45)c3)n2)cc1. The second-order valence-electron chi connectivity index (χ2n) is 11.7. The van der Waals surface area contributed by atoms with Crippen LogP contribution in [0.4, 0.5) is 0 Å². The van der Waals surface area contributed by atoms with Crippen LogP contribution in [0.3, 0.4) is 0 Å². The summed E-state index contributed by atoms with van der Waals surface area (Å²) in [5.41, 5.74) is 11.6. The zero-order valence-corrected chi connectivity index (χ0v) is 25.3. The van der Waals surface area contributed by atoms with Crippen LogP contribution in [-0.4, -0.2) is 15.0 Å². The lowest BCUT2D eigenvalue weighted by atomic mass is 9.92. The molecule has 0 amide bonds. The number of benzene rings is 6. The summed E-state index contributed by atoms with van der Waals surface area (Å²) >= 11 is 0. The van der Waals surface area contributed by atoms with Crippen molar-refractivity contribution >= 4 is 32.8 Å². The summed E-state index contributed by atoms with van der Waals surface area (Å²) in [5, 5.41) is 3.38. The highest BCUT2D eigenvalue weighted by Gasteiger charge is 2.16. The van der Waals surface area contributed by atoms with Crippen LogP contribution >= 0.6 is 0 Å². The maximum Gasteiger partial charge on any atom is 0.160 e. The molecule has 0 spiro atoms. The molecular formula is C43H27N3O. The van der Waals surface area contributed by atoms with Gasteiger partial charge in [0.2, 0.25) is 0 Å². The van der Waals surface area contributed by atoms with E-state index in [9.17, 15) is 0 Å². The van der Waals surface area contributed by atoms with E-state index in [4.69, 9.17) is 14.4 Å². The molecule has 0 radical (unpaired) electrons. The average Bonchev–Trinajstić information content (AvgIpc) is 3.53. The minimum Gasteiger partial charge on any atom is -0.454 e. The zero-order chi connectivity index (χ0) is 31.2. The fourth-order valence-corrected chi connectivity index (χ4v) is 6.42. The predicted octanol–water partition coefficient (Wildman–Crippen LogP) is 11.3. The molecule has 220 valence electrons. The third-order valence-corrected chi connectivity index (χ3v) is 8.72. The molecule has 0 N–H and O–H groups in total. The van der Waals surface area contributed by atoms with E-state index in [0.29, 0.717) is 5.82 Å². The first-order valence-corrected chi connectivity index (χ1v) is 15.7. The average molecular weight is 602 g/mol. The van der Waals surface area contributed by atoms with Gasteiger partial charge in [-0.15, -0.1) is 0 Å². The number of furan rings is 1. The quantitative estimate of drug-likeness (QED) is 0.197. The van der Waals surface area contributed by atoms with E-state index in [1.807, 2.05) is 60.8 Å². The Labute approximate surface area is 271 Å². The Balaban J connectivity index is 1.30. The molecule has 0 saturated heterocycles. The molecule has 3 aromatic heterocycles. The van der Waals surface area contributed by atoms with Gasteiger partial charge in [0.05, 0.1) is 11.4 Å². The Morgan fingerprint density at radius 2 is 1.09 bits per heavy atom. The summed E-state index contributed by atoms with van der Waals surface area (Å²) < 4.78 is 6.11. The molecule has 4 heteroatoms. The van der Waals surface area contributed by atoms with E-state index < -0.39 is 0 Å². The van der Waals surface area contributed by atoms with E-state index in [0.717, 1.165) is 72.4 Å². The third kappa shape index (κ3) is 4.93. The van der Waals surface area contributed by atoms with Crippen LogP contribution in [0.2, 0.25) is 0 Å². The highest BCUT2D eigenvalue weighted by Crippen LogP contribution is 2.38. The minimum atomic E-state index is 0.671. The summed E-state index contributed by atoms with van der Waals surface area (Å²) in [7, 11) is 0. The molecule has 4 nitrogen and oxygen atoms in total. The van der Waals surface area contributed by atoms with Crippen LogP contribution in [-0.2, 0) is 0 Å². The van der Waals surface area contributed by atoms with Gasteiger partial charge in [-0.05, 0) is 81.6 Å². The number of hydrogen-bond donors (Lipinski definition) is 0. The standard InChI is InChI=1S/C43H27N3O/c1-3-12-29(13-4-1)38-27-39(30-14-5-2-6-15-30)46-43(45-38)34-24-32(23-33(25-34)36-18-9-16-28-11-7-8-17-35(28)36)31-20-21-40-37(26-31)42-41(47-40)19-10-22-44-42/h1-27H. The lowest BCUT2D eigenvalue weighted by Crippen LogP contribution is -1.97. The largest absolute Gasteiger partial charge is 0.454 e. The fraction of sp³-hybridized carbons (Fsp3) is 0. The number of pyridine rings is 1. The third-order valence-electron chi connectivity index (χ3n) is 8.72. The molecule has 0 unspecified atom stereocenters. The first-order valence-electron chi connectivity index (χ1n) is 15.7. The van der Waals surface area contributed by atoms with Crippen LogP contribution in [0.5, 0.6) is 0 Å². The van der Waals surface area contributed by atoms with Gasteiger partial charge in [-0.25, -0.2) is 9.97 Å². The molecule has 0 saturated carbocycles. The van der Waals surface area contributed by atoms with Crippen LogP contribution < -0.4 is 0 Å². The highest BCUT2D eigenvalue weighted by molar-refractivity contribution is 6.04. The van der Waals surface area contributed by atoms with Crippen molar-refractivity contribution in [3.05, 3.63) is 164 Å². The van der Waals surface area contributed by atoms with Gasteiger partial charge in [0.25, 0.3) is 0 Å².